The number of rotatable bonds is 6. The van der Waals surface area contributed by atoms with Crippen molar-refractivity contribution >= 4 is 5.91 Å². The summed E-state index contributed by atoms with van der Waals surface area (Å²) in [6, 6.07) is 17.8. The maximum atomic E-state index is 11.9. The van der Waals surface area contributed by atoms with Crippen molar-refractivity contribution in [1.82, 2.24) is 15.5 Å². The van der Waals surface area contributed by atoms with E-state index in [1.807, 2.05) is 61.5 Å². The predicted molar refractivity (Wildman–Crippen MR) is 91.1 cm³/mol. The van der Waals surface area contributed by atoms with Gasteiger partial charge in [-0.25, -0.2) is 0 Å². The maximum absolute atomic E-state index is 11.9. The molecule has 2 aromatic carbocycles. The third-order valence-corrected chi connectivity index (χ3v) is 3.66. The number of nitrogens with one attached hydrogen (secondary N) is 1. The van der Waals surface area contributed by atoms with Gasteiger partial charge in [-0.1, -0.05) is 53.2 Å². The summed E-state index contributed by atoms with van der Waals surface area (Å²) in [6.07, 6.45) is 1.15. The number of amides is 1. The van der Waals surface area contributed by atoms with Crippen molar-refractivity contribution in [3.63, 3.8) is 0 Å². The van der Waals surface area contributed by atoms with Crippen LogP contribution in [0, 0.1) is 6.92 Å². The molecule has 0 aliphatic heterocycles. The second kappa shape index (κ2) is 7.55. The van der Waals surface area contributed by atoms with Gasteiger partial charge in [0.2, 0.25) is 5.91 Å². The first-order valence-electron chi connectivity index (χ1n) is 7.91. The minimum absolute atomic E-state index is 0.0271. The van der Waals surface area contributed by atoms with Crippen LogP contribution >= 0.6 is 0 Å². The average Bonchev–Trinajstić information content (AvgIpc) is 3.08. The van der Waals surface area contributed by atoms with Gasteiger partial charge in [-0.05, 0) is 31.0 Å². The number of nitrogens with zero attached hydrogens (tertiary/aromatic N) is 2. The topological polar surface area (TPSA) is 68.0 Å². The molecule has 0 unspecified atom stereocenters. The largest absolute Gasteiger partial charge is 0.349 e. The van der Waals surface area contributed by atoms with Gasteiger partial charge in [0.1, 0.15) is 0 Å². The van der Waals surface area contributed by atoms with E-state index in [2.05, 4.69) is 15.5 Å². The summed E-state index contributed by atoms with van der Waals surface area (Å²) in [6.45, 7) is 2.27. The molecule has 24 heavy (non-hydrogen) atoms. The van der Waals surface area contributed by atoms with E-state index in [0.29, 0.717) is 24.6 Å². The van der Waals surface area contributed by atoms with Crippen molar-refractivity contribution in [2.45, 2.75) is 26.3 Å². The second-order valence-electron chi connectivity index (χ2n) is 5.65. The highest BCUT2D eigenvalue weighted by Gasteiger charge is 2.10. The van der Waals surface area contributed by atoms with Crippen molar-refractivity contribution in [2.24, 2.45) is 0 Å². The Kier molecular flexibility index (Phi) is 5.01. The Morgan fingerprint density at radius 2 is 1.96 bits per heavy atom. The summed E-state index contributed by atoms with van der Waals surface area (Å²) in [5.41, 5.74) is 3.15. The van der Waals surface area contributed by atoms with Gasteiger partial charge in [-0.2, -0.15) is 4.98 Å². The quantitative estimate of drug-likeness (QED) is 0.756. The van der Waals surface area contributed by atoms with Gasteiger partial charge in [0.05, 0.1) is 6.54 Å². The van der Waals surface area contributed by atoms with Gasteiger partial charge in [-0.15, -0.1) is 0 Å². The minimum atomic E-state index is -0.0271. The van der Waals surface area contributed by atoms with Crippen LogP contribution in [0.3, 0.4) is 0 Å². The first-order chi connectivity index (χ1) is 11.7. The third kappa shape index (κ3) is 4.29. The Morgan fingerprint density at radius 1 is 1.12 bits per heavy atom. The van der Waals surface area contributed by atoms with Crippen LogP contribution in [0.5, 0.6) is 0 Å². The summed E-state index contributed by atoms with van der Waals surface area (Å²) in [4.78, 5) is 16.2. The van der Waals surface area contributed by atoms with E-state index in [0.717, 1.165) is 16.7 Å². The molecule has 0 fully saturated rings. The van der Waals surface area contributed by atoms with E-state index >= 15 is 0 Å². The van der Waals surface area contributed by atoms with Gasteiger partial charge in [0, 0.05) is 12.0 Å². The van der Waals surface area contributed by atoms with Crippen LogP contribution in [-0.4, -0.2) is 16.0 Å². The van der Waals surface area contributed by atoms with Gasteiger partial charge in [-0.3, -0.25) is 4.79 Å². The number of carbonyl (C=O) groups is 1. The molecule has 0 radical (unpaired) electrons. The maximum Gasteiger partial charge on any atom is 0.257 e. The highest BCUT2D eigenvalue weighted by molar-refractivity contribution is 5.76. The number of hydrogen-bond acceptors (Lipinski definition) is 4. The van der Waals surface area contributed by atoms with E-state index in [1.54, 1.807) is 0 Å². The molecule has 3 rings (SSSR count). The molecule has 1 amide bonds. The number of aryl methyl sites for hydroxylation is 2. The van der Waals surface area contributed by atoms with Gasteiger partial charge in [0.25, 0.3) is 5.89 Å². The summed E-state index contributed by atoms with van der Waals surface area (Å²) < 4.78 is 5.25. The Hall–Kier alpha value is -2.95. The SMILES string of the molecule is Cc1cccc(-c2nc(CNC(=O)CCc3ccccc3)no2)c1. The molecule has 0 saturated carbocycles. The Labute approximate surface area is 140 Å². The molecule has 122 valence electrons. The molecule has 0 bridgehead atoms. The number of carbonyl (C=O) groups excluding carboxylic acids is 1. The lowest BCUT2D eigenvalue weighted by Crippen LogP contribution is -2.23. The molecular weight excluding hydrogens is 302 g/mol. The zero-order valence-electron chi connectivity index (χ0n) is 13.5. The van der Waals surface area contributed by atoms with Gasteiger partial charge < -0.3 is 9.84 Å². The average molecular weight is 321 g/mol. The van der Waals surface area contributed by atoms with E-state index < -0.39 is 0 Å². The standard InChI is InChI=1S/C19H19N3O2/c1-14-6-5-9-16(12-14)19-21-17(22-24-19)13-20-18(23)11-10-15-7-3-2-4-8-15/h2-9,12H,10-11,13H2,1H3,(H,20,23). The van der Waals surface area contributed by atoms with Gasteiger partial charge >= 0.3 is 0 Å². The Bertz CT molecular complexity index is 812. The number of hydrogen-bond donors (Lipinski definition) is 1. The monoisotopic (exact) mass is 321 g/mol. The van der Waals surface area contributed by atoms with Crippen LogP contribution in [0.15, 0.2) is 59.1 Å². The summed E-state index contributed by atoms with van der Waals surface area (Å²) in [5, 5.41) is 6.73. The fourth-order valence-electron chi connectivity index (χ4n) is 2.39. The normalized spacial score (nSPS) is 10.5. The lowest BCUT2D eigenvalue weighted by Gasteiger charge is -2.02. The lowest BCUT2D eigenvalue weighted by molar-refractivity contribution is -0.121. The molecule has 0 spiro atoms. The fraction of sp³-hybridized carbons (Fsp3) is 0.211. The van der Waals surface area contributed by atoms with Crippen molar-refractivity contribution in [2.75, 3.05) is 0 Å². The smallest absolute Gasteiger partial charge is 0.257 e. The van der Waals surface area contributed by atoms with Crippen molar-refractivity contribution in [3.05, 3.63) is 71.5 Å². The van der Waals surface area contributed by atoms with Crippen molar-refractivity contribution in [1.29, 1.82) is 0 Å². The highest BCUT2D eigenvalue weighted by Crippen LogP contribution is 2.18. The Morgan fingerprint density at radius 3 is 2.75 bits per heavy atom. The zero-order chi connectivity index (χ0) is 16.8. The molecule has 0 atom stereocenters. The molecule has 0 saturated heterocycles. The molecule has 5 heteroatoms. The second-order valence-corrected chi connectivity index (χ2v) is 5.65. The molecule has 3 aromatic rings. The van der Waals surface area contributed by atoms with Crippen LogP contribution in [0.1, 0.15) is 23.4 Å². The lowest BCUT2D eigenvalue weighted by atomic mass is 10.1. The zero-order valence-corrected chi connectivity index (χ0v) is 13.5. The molecule has 0 aliphatic rings. The highest BCUT2D eigenvalue weighted by atomic mass is 16.5. The van der Waals surface area contributed by atoms with Crippen LogP contribution in [0.4, 0.5) is 0 Å². The number of aromatic nitrogens is 2. The first kappa shape index (κ1) is 15.9. The van der Waals surface area contributed by atoms with Crippen LogP contribution in [0.25, 0.3) is 11.5 Å². The van der Waals surface area contributed by atoms with E-state index in [9.17, 15) is 4.79 Å². The molecule has 1 aromatic heterocycles. The molecule has 5 nitrogen and oxygen atoms in total. The van der Waals surface area contributed by atoms with Crippen LogP contribution in [0.2, 0.25) is 0 Å². The van der Waals surface area contributed by atoms with E-state index in [-0.39, 0.29) is 12.5 Å². The molecule has 0 aliphatic carbocycles. The van der Waals surface area contributed by atoms with Crippen molar-refractivity contribution < 1.29 is 9.32 Å². The number of benzene rings is 2. The molecule has 1 N–H and O–H groups in total. The van der Waals surface area contributed by atoms with Crippen LogP contribution < -0.4 is 5.32 Å². The summed E-state index contributed by atoms with van der Waals surface area (Å²) in [5.74, 6) is 0.910. The van der Waals surface area contributed by atoms with E-state index in [1.165, 1.54) is 0 Å². The predicted octanol–water partition coefficient (Wildman–Crippen LogP) is 3.29. The fourth-order valence-corrected chi connectivity index (χ4v) is 2.39. The first-order valence-corrected chi connectivity index (χ1v) is 7.91. The van der Waals surface area contributed by atoms with Crippen molar-refractivity contribution in [3.8, 4) is 11.5 Å². The third-order valence-electron chi connectivity index (χ3n) is 3.66. The molecular formula is C19H19N3O2. The van der Waals surface area contributed by atoms with E-state index in [4.69, 9.17) is 4.52 Å². The van der Waals surface area contributed by atoms with Gasteiger partial charge in [0.15, 0.2) is 5.82 Å². The summed E-state index contributed by atoms with van der Waals surface area (Å²) in [7, 11) is 0. The van der Waals surface area contributed by atoms with Crippen LogP contribution in [-0.2, 0) is 17.8 Å². The minimum Gasteiger partial charge on any atom is -0.349 e. The summed E-state index contributed by atoms with van der Waals surface area (Å²) >= 11 is 0. The molecule has 1 heterocycles. The Balaban J connectivity index is 1.51.